The SMILES string of the molecule is CNC[C@H](Cc1ccc(C)cc1)Nc1ncccc1[N+](=O)[O-]. The van der Waals surface area contributed by atoms with Gasteiger partial charge >= 0.3 is 5.69 Å². The Morgan fingerprint density at radius 3 is 2.64 bits per heavy atom. The number of rotatable bonds is 7. The van der Waals surface area contributed by atoms with Crippen LogP contribution in [-0.4, -0.2) is 29.5 Å². The smallest absolute Gasteiger partial charge is 0.311 e. The second-order valence-corrected chi connectivity index (χ2v) is 5.22. The summed E-state index contributed by atoms with van der Waals surface area (Å²) >= 11 is 0. The highest BCUT2D eigenvalue weighted by molar-refractivity contribution is 5.55. The Morgan fingerprint density at radius 1 is 1.27 bits per heavy atom. The first kappa shape index (κ1) is 15.9. The number of aromatic nitrogens is 1. The van der Waals surface area contributed by atoms with Crippen LogP contribution in [0.4, 0.5) is 11.5 Å². The van der Waals surface area contributed by atoms with Gasteiger partial charge < -0.3 is 10.6 Å². The molecule has 1 aromatic carbocycles. The lowest BCUT2D eigenvalue weighted by Gasteiger charge is -2.19. The number of nitro groups is 1. The fourth-order valence-corrected chi connectivity index (χ4v) is 2.28. The van der Waals surface area contributed by atoms with Crippen molar-refractivity contribution < 1.29 is 4.92 Å². The highest BCUT2D eigenvalue weighted by Crippen LogP contribution is 2.21. The van der Waals surface area contributed by atoms with Crippen LogP contribution in [0.5, 0.6) is 0 Å². The summed E-state index contributed by atoms with van der Waals surface area (Å²) in [4.78, 5) is 14.7. The Bertz CT molecular complexity index is 628. The van der Waals surface area contributed by atoms with E-state index in [0.29, 0.717) is 12.4 Å². The zero-order chi connectivity index (χ0) is 15.9. The normalized spacial score (nSPS) is 11.9. The highest BCUT2D eigenvalue weighted by Gasteiger charge is 2.18. The van der Waals surface area contributed by atoms with Crippen LogP contribution in [0.25, 0.3) is 0 Å². The highest BCUT2D eigenvalue weighted by atomic mass is 16.6. The molecule has 6 nitrogen and oxygen atoms in total. The van der Waals surface area contributed by atoms with E-state index in [1.54, 1.807) is 12.3 Å². The molecule has 1 aromatic heterocycles. The zero-order valence-corrected chi connectivity index (χ0v) is 12.7. The molecule has 0 unspecified atom stereocenters. The summed E-state index contributed by atoms with van der Waals surface area (Å²) < 4.78 is 0. The van der Waals surface area contributed by atoms with E-state index in [-0.39, 0.29) is 11.7 Å². The third-order valence-corrected chi connectivity index (χ3v) is 3.38. The van der Waals surface area contributed by atoms with Crippen LogP contribution in [0, 0.1) is 17.0 Å². The van der Waals surface area contributed by atoms with Crippen LogP contribution in [0.3, 0.4) is 0 Å². The number of likely N-dealkylation sites (N-methyl/N-ethyl adjacent to an activating group) is 1. The van der Waals surface area contributed by atoms with Crippen molar-refractivity contribution in [1.29, 1.82) is 0 Å². The molecular weight excluding hydrogens is 280 g/mol. The predicted octanol–water partition coefficient (Wildman–Crippen LogP) is 2.54. The molecule has 0 radical (unpaired) electrons. The Labute approximate surface area is 129 Å². The number of nitrogens with one attached hydrogen (secondary N) is 2. The molecule has 0 aliphatic rings. The largest absolute Gasteiger partial charge is 0.360 e. The molecule has 2 aromatic rings. The van der Waals surface area contributed by atoms with E-state index in [0.717, 1.165) is 6.42 Å². The van der Waals surface area contributed by atoms with Crippen molar-refractivity contribution in [2.75, 3.05) is 18.9 Å². The van der Waals surface area contributed by atoms with Gasteiger partial charge in [0, 0.05) is 24.8 Å². The van der Waals surface area contributed by atoms with Gasteiger partial charge in [0.1, 0.15) is 0 Å². The van der Waals surface area contributed by atoms with Gasteiger partial charge in [-0.1, -0.05) is 29.8 Å². The van der Waals surface area contributed by atoms with Gasteiger partial charge in [-0.3, -0.25) is 10.1 Å². The summed E-state index contributed by atoms with van der Waals surface area (Å²) in [7, 11) is 1.86. The van der Waals surface area contributed by atoms with Gasteiger partial charge in [-0.05, 0) is 32.0 Å². The monoisotopic (exact) mass is 300 g/mol. The van der Waals surface area contributed by atoms with Crippen molar-refractivity contribution in [2.24, 2.45) is 0 Å². The predicted molar refractivity (Wildman–Crippen MR) is 87.1 cm³/mol. The average Bonchev–Trinajstić information content (AvgIpc) is 2.50. The second-order valence-electron chi connectivity index (χ2n) is 5.22. The van der Waals surface area contributed by atoms with Crippen LogP contribution < -0.4 is 10.6 Å². The van der Waals surface area contributed by atoms with Gasteiger partial charge in [0.25, 0.3) is 0 Å². The standard InChI is InChI=1S/C16H20N4O2/c1-12-5-7-13(8-6-12)10-14(11-17-2)19-16-15(20(21)22)4-3-9-18-16/h3-9,14,17H,10-11H2,1-2H3,(H,18,19)/t14-/m0/s1. The first-order valence-corrected chi connectivity index (χ1v) is 7.16. The minimum atomic E-state index is -0.419. The summed E-state index contributed by atoms with van der Waals surface area (Å²) in [6.07, 6.45) is 2.31. The maximum atomic E-state index is 11.1. The molecule has 0 saturated carbocycles. The lowest BCUT2D eigenvalue weighted by Crippen LogP contribution is -2.33. The average molecular weight is 300 g/mol. The topological polar surface area (TPSA) is 80.1 Å². The summed E-state index contributed by atoms with van der Waals surface area (Å²) in [5.74, 6) is 0.305. The molecule has 1 atom stereocenters. The van der Waals surface area contributed by atoms with E-state index in [1.807, 2.05) is 14.0 Å². The molecule has 2 N–H and O–H groups in total. The molecule has 0 bridgehead atoms. The van der Waals surface area contributed by atoms with Gasteiger partial charge in [-0.15, -0.1) is 0 Å². The minimum absolute atomic E-state index is 0.00694. The number of nitrogens with zero attached hydrogens (tertiary/aromatic N) is 2. The van der Waals surface area contributed by atoms with E-state index < -0.39 is 4.92 Å². The van der Waals surface area contributed by atoms with E-state index in [4.69, 9.17) is 0 Å². The molecule has 1 heterocycles. The van der Waals surface area contributed by atoms with Crippen molar-refractivity contribution in [1.82, 2.24) is 10.3 Å². The molecule has 0 aliphatic carbocycles. The number of hydrogen-bond donors (Lipinski definition) is 2. The third kappa shape index (κ3) is 4.26. The Balaban J connectivity index is 2.15. The molecule has 2 rings (SSSR count). The van der Waals surface area contributed by atoms with Crippen molar-refractivity contribution >= 4 is 11.5 Å². The molecule has 0 saturated heterocycles. The molecule has 116 valence electrons. The van der Waals surface area contributed by atoms with E-state index in [2.05, 4.69) is 39.9 Å². The van der Waals surface area contributed by atoms with Crippen LogP contribution in [0.2, 0.25) is 0 Å². The maximum absolute atomic E-state index is 11.1. The Hall–Kier alpha value is -2.47. The second kappa shape index (κ2) is 7.51. The number of anilines is 1. The van der Waals surface area contributed by atoms with Crippen molar-refractivity contribution in [3.05, 3.63) is 63.8 Å². The molecule has 22 heavy (non-hydrogen) atoms. The van der Waals surface area contributed by atoms with E-state index in [1.165, 1.54) is 17.2 Å². The Morgan fingerprint density at radius 2 is 2.00 bits per heavy atom. The van der Waals surface area contributed by atoms with E-state index in [9.17, 15) is 10.1 Å². The van der Waals surface area contributed by atoms with Gasteiger partial charge in [0.05, 0.1) is 4.92 Å². The fourth-order valence-electron chi connectivity index (χ4n) is 2.28. The lowest BCUT2D eigenvalue weighted by atomic mass is 10.0. The summed E-state index contributed by atoms with van der Waals surface area (Å²) in [5, 5.41) is 17.4. The lowest BCUT2D eigenvalue weighted by molar-refractivity contribution is -0.384. The molecule has 0 amide bonds. The fraction of sp³-hybridized carbons (Fsp3) is 0.312. The van der Waals surface area contributed by atoms with Crippen LogP contribution in [0.1, 0.15) is 11.1 Å². The molecule has 0 aliphatic heterocycles. The first-order chi connectivity index (χ1) is 10.6. The van der Waals surface area contributed by atoms with Gasteiger partial charge in [-0.2, -0.15) is 0 Å². The van der Waals surface area contributed by atoms with Crippen LogP contribution in [-0.2, 0) is 6.42 Å². The quantitative estimate of drug-likeness (QED) is 0.607. The van der Waals surface area contributed by atoms with Crippen LogP contribution in [0.15, 0.2) is 42.6 Å². The number of benzene rings is 1. The molecule has 0 fully saturated rings. The summed E-state index contributed by atoms with van der Waals surface area (Å²) in [5.41, 5.74) is 2.38. The molecule has 6 heteroatoms. The number of hydrogen-bond acceptors (Lipinski definition) is 5. The van der Waals surface area contributed by atoms with Gasteiger partial charge in [0.15, 0.2) is 0 Å². The summed E-state index contributed by atoms with van der Waals surface area (Å²) in [6, 6.07) is 11.3. The van der Waals surface area contributed by atoms with Crippen molar-refractivity contribution in [2.45, 2.75) is 19.4 Å². The number of aryl methyl sites for hydroxylation is 1. The summed E-state index contributed by atoms with van der Waals surface area (Å²) in [6.45, 7) is 2.73. The molecular formula is C16H20N4O2. The van der Waals surface area contributed by atoms with Gasteiger partial charge in [-0.25, -0.2) is 4.98 Å². The molecule has 0 spiro atoms. The maximum Gasteiger partial charge on any atom is 0.311 e. The van der Waals surface area contributed by atoms with Crippen molar-refractivity contribution in [3.8, 4) is 0 Å². The first-order valence-electron chi connectivity index (χ1n) is 7.16. The van der Waals surface area contributed by atoms with Crippen molar-refractivity contribution in [3.63, 3.8) is 0 Å². The number of pyridine rings is 1. The van der Waals surface area contributed by atoms with E-state index >= 15 is 0 Å². The zero-order valence-electron chi connectivity index (χ0n) is 12.7. The minimum Gasteiger partial charge on any atom is -0.360 e. The third-order valence-electron chi connectivity index (χ3n) is 3.38. The Kier molecular flexibility index (Phi) is 5.43. The van der Waals surface area contributed by atoms with Crippen LogP contribution >= 0.6 is 0 Å². The van der Waals surface area contributed by atoms with Gasteiger partial charge in [0.2, 0.25) is 5.82 Å².